The number of piperidine rings is 1. The number of nitrogens with zero attached hydrogens (tertiary/aromatic N) is 3. The Bertz CT molecular complexity index is 718. The van der Waals surface area contributed by atoms with Crippen LogP contribution in [0.4, 0.5) is 18.0 Å². The Hall–Kier alpha value is -2.57. The molecular formula is C19H30F3N5O5. The van der Waals surface area contributed by atoms with Gasteiger partial charge in [0.25, 0.3) is 5.91 Å². The van der Waals surface area contributed by atoms with Gasteiger partial charge in [-0.2, -0.15) is 13.2 Å². The van der Waals surface area contributed by atoms with Crippen LogP contribution >= 0.6 is 0 Å². The summed E-state index contributed by atoms with van der Waals surface area (Å²) in [5.74, 6) is -2.94. The molecule has 13 heteroatoms. The zero-order chi connectivity index (χ0) is 23.8. The fourth-order valence-electron chi connectivity index (χ4n) is 3.76. The molecular weight excluding hydrogens is 435 g/mol. The predicted molar refractivity (Wildman–Crippen MR) is 108 cm³/mol. The number of halogens is 3. The molecule has 1 atom stereocenters. The van der Waals surface area contributed by atoms with Crippen LogP contribution in [0.2, 0.25) is 0 Å². The second-order valence-electron chi connectivity index (χ2n) is 8.00. The molecule has 3 aliphatic heterocycles. The van der Waals surface area contributed by atoms with E-state index in [2.05, 4.69) is 27.6 Å². The molecule has 0 saturated carbocycles. The van der Waals surface area contributed by atoms with E-state index in [1.54, 1.807) is 4.90 Å². The quantitative estimate of drug-likeness (QED) is 0.519. The summed E-state index contributed by atoms with van der Waals surface area (Å²) >= 11 is 0. The molecule has 182 valence electrons. The second-order valence-corrected chi connectivity index (χ2v) is 8.00. The minimum atomic E-state index is -5.08. The fraction of sp³-hybridized carbons (Fsp3) is 0.789. The summed E-state index contributed by atoms with van der Waals surface area (Å²) in [5.41, 5.74) is 0.149. The number of oxime groups is 1. The van der Waals surface area contributed by atoms with Crippen molar-refractivity contribution in [3.63, 3.8) is 0 Å². The summed E-state index contributed by atoms with van der Waals surface area (Å²) in [6, 6.07) is -0.0656. The van der Waals surface area contributed by atoms with Gasteiger partial charge in [-0.25, -0.2) is 9.59 Å². The first-order chi connectivity index (χ1) is 15.1. The lowest BCUT2D eigenvalue weighted by molar-refractivity contribution is -0.192. The number of urea groups is 1. The number of carbonyl (C=O) groups excluding carboxylic acids is 2. The molecule has 2 saturated heterocycles. The minimum absolute atomic E-state index is 0.0656. The lowest BCUT2D eigenvalue weighted by Crippen LogP contribution is -2.49. The first-order valence-corrected chi connectivity index (χ1v) is 10.6. The van der Waals surface area contributed by atoms with Crippen molar-refractivity contribution in [2.45, 2.75) is 50.8 Å². The smallest absolute Gasteiger partial charge is 0.475 e. The lowest BCUT2D eigenvalue weighted by Gasteiger charge is -2.38. The summed E-state index contributed by atoms with van der Waals surface area (Å²) in [7, 11) is 0. The van der Waals surface area contributed by atoms with Gasteiger partial charge in [0, 0.05) is 39.1 Å². The molecule has 3 heterocycles. The number of amides is 3. The molecule has 0 aromatic heterocycles. The number of carboxylic acid groups (broad SMARTS) is 1. The van der Waals surface area contributed by atoms with Gasteiger partial charge in [-0.3, -0.25) is 9.69 Å². The monoisotopic (exact) mass is 465 g/mol. The van der Waals surface area contributed by atoms with Crippen molar-refractivity contribution in [2.24, 2.45) is 5.16 Å². The van der Waals surface area contributed by atoms with Crippen molar-refractivity contribution >= 4 is 23.6 Å². The Morgan fingerprint density at radius 1 is 1.31 bits per heavy atom. The highest BCUT2D eigenvalue weighted by atomic mass is 19.4. The van der Waals surface area contributed by atoms with Crippen LogP contribution in [-0.2, 0) is 14.4 Å². The van der Waals surface area contributed by atoms with E-state index in [1.165, 1.54) is 12.8 Å². The van der Waals surface area contributed by atoms with Crippen LogP contribution in [0.3, 0.4) is 0 Å². The normalized spacial score (nSPS) is 23.2. The number of alkyl halides is 3. The zero-order valence-corrected chi connectivity index (χ0v) is 18.0. The van der Waals surface area contributed by atoms with Gasteiger partial charge in [-0.15, -0.1) is 0 Å². The summed E-state index contributed by atoms with van der Waals surface area (Å²) in [6.07, 6.45) is -0.106. The number of nitrogens with one attached hydrogen (secondary N) is 2. The number of hydrogen-bond donors (Lipinski definition) is 3. The van der Waals surface area contributed by atoms with Gasteiger partial charge < -0.3 is 25.5 Å². The maximum Gasteiger partial charge on any atom is 0.490 e. The van der Waals surface area contributed by atoms with Gasteiger partial charge in [0.15, 0.2) is 5.60 Å². The average Bonchev–Trinajstić information content (AvgIpc) is 3.32. The first kappa shape index (κ1) is 25.7. The number of aliphatic carboxylic acids is 1. The van der Waals surface area contributed by atoms with Crippen LogP contribution in [0.1, 0.15) is 39.0 Å². The first-order valence-electron chi connectivity index (χ1n) is 10.6. The topological polar surface area (TPSA) is 124 Å². The molecule has 3 rings (SSSR count). The maximum atomic E-state index is 12.3. The highest BCUT2D eigenvalue weighted by Crippen LogP contribution is 2.33. The van der Waals surface area contributed by atoms with Crippen molar-refractivity contribution in [1.29, 1.82) is 0 Å². The van der Waals surface area contributed by atoms with Gasteiger partial charge in [0.1, 0.15) is 5.71 Å². The summed E-state index contributed by atoms with van der Waals surface area (Å²) in [4.78, 5) is 42.5. The Labute approximate surface area is 184 Å². The van der Waals surface area contributed by atoms with Crippen molar-refractivity contribution in [3.05, 3.63) is 0 Å². The Morgan fingerprint density at radius 3 is 2.62 bits per heavy atom. The van der Waals surface area contributed by atoms with Crippen molar-refractivity contribution in [2.75, 3.05) is 45.8 Å². The molecule has 0 aliphatic carbocycles. The van der Waals surface area contributed by atoms with E-state index in [4.69, 9.17) is 14.7 Å². The molecule has 0 aromatic carbocycles. The third-order valence-electron chi connectivity index (χ3n) is 5.40. The molecule has 3 amide bonds. The van der Waals surface area contributed by atoms with Crippen molar-refractivity contribution in [3.8, 4) is 0 Å². The molecule has 1 unspecified atom stereocenters. The van der Waals surface area contributed by atoms with Gasteiger partial charge >= 0.3 is 18.2 Å². The number of likely N-dealkylation sites (tertiary alicyclic amines) is 1. The third kappa shape index (κ3) is 7.53. The van der Waals surface area contributed by atoms with Crippen molar-refractivity contribution < 1.29 is 37.5 Å². The molecule has 0 radical (unpaired) electrons. The average molecular weight is 465 g/mol. The minimum Gasteiger partial charge on any atom is -0.475 e. The van der Waals surface area contributed by atoms with E-state index < -0.39 is 12.1 Å². The zero-order valence-electron chi connectivity index (χ0n) is 18.0. The van der Waals surface area contributed by atoms with E-state index >= 15 is 0 Å². The van der Waals surface area contributed by atoms with Crippen LogP contribution in [-0.4, -0.2) is 96.1 Å². The van der Waals surface area contributed by atoms with E-state index in [0.29, 0.717) is 38.3 Å². The number of unbranched alkanes of at least 4 members (excludes halogenated alkanes) is 1. The highest BCUT2D eigenvalue weighted by molar-refractivity contribution is 6.39. The molecule has 2 fully saturated rings. The molecule has 0 aromatic rings. The SMILES string of the molecule is CCCCN1CCCC2(CC(C(=O)NCCN3CCNC3=O)=NO2)C1.O=C(O)C(F)(F)F. The van der Waals surface area contributed by atoms with E-state index in [0.717, 1.165) is 32.5 Å². The second kappa shape index (κ2) is 11.3. The third-order valence-corrected chi connectivity index (χ3v) is 5.40. The fourth-order valence-corrected chi connectivity index (χ4v) is 3.76. The van der Waals surface area contributed by atoms with Crippen LogP contribution in [0.5, 0.6) is 0 Å². The Balaban J connectivity index is 0.000000451. The summed E-state index contributed by atoms with van der Waals surface area (Å²) in [5, 5.41) is 16.8. The van der Waals surface area contributed by atoms with Gasteiger partial charge in [-0.1, -0.05) is 18.5 Å². The van der Waals surface area contributed by atoms with E-state index in [-0.39, 0.29) is 17.5 Å². The molecule has 3 aliphatic rings. The Kier molecular flexibility index (Phi) is 9.10. The Morgan fingerprint density at radius 2 is 2.03 bits per heavy atom. The van der Waals surface area contributed by atoms with E-state index in [1.807, 2.05) is 0 Å². The largest absolute Gasteiger partial charge is 0.490 e. The van der Waals surface area contributed by atoms with Crippen LogP contribution in [0.25, 0.3) is 0 Å². The standard InChI is InChI=1S/C17H29N5O3.C2HF3O2/c1-2-3-8-21-9-4-5-17(13-21)12-14(20-25-17)15(23)18-6-10-22-11-7-19-16(22)24;3-2(4,5)1(6)7/h2-13H2,1H3,(H,18,23)(H,19,24);(H,6,7). The number of carbonyl (C=O) groups is 3. The molecule has 32 heavy (non-hydrogen) atoms. The number of carboxylic acids is 1. The maximum absolute atomic E-state index is 12.3. The highest BCUT2D eigenvalue weighted by Gasteiger charge is 2.44. The van der Waals surface area contributed by atoms with Gasteiger partial charge in [-0.05, 0) is 32.4 Å². The van der Waals surface area contributed by atoms with E-state index in [9.17, 15) is 22.8 Å². The summed E-state index contributed by atoms with van der Waals surface area (Å²) < 4.78 is 31.7. The van der Waals surface area contributed by atoms with Gasteiger partial charge in [0.2, 0.25) is 0 Å². The molecule has 1 spiro atoms. The molecule has 3 N–H and O–H groups in total. The molecule has 0 bridgehead atoms. The summed E-state index contributed by atoms with van der Waals surface area (Å²) in [6.45, 7) is 7.54. The number of hydrogen-bond acceptors (Lipinski definition) is 6. The van der Waals surface area contributed by atoms with Crippen LogP contribution < -0.4 is 10.6 Å². The lowest BCUT2D eigenvalue weighted by atomic mass is 9.88. The predicted octanol–water partition coefficient (Wildman–Crippen LogP) is 1.17. The van der Waals surface area contributed by atoms with Gasteiger partial charge in [0.05, 0.1) is 0 Å². The van der Waals surface area contributed by atoms with Crippen molar-refractivity contribution in [1.82, 2.24) is 20.4 Å². The van der Waals surface area contributed by atoms with Crippen LogP contribution in [0, 0.1) is 0 Å². The molecule has 10 nitrogen and oxygen atoms in total. The van der Waals surface area contributed by atoms with Crippen LogP contribution in [0.15, 0.2) is 5.16 Å². The number of rotatable bonds is 7.